The SMILES string of the molecule is CCC(NC)c1ccc(N(CCC#N)C2CC2)cc1. The van der Waals surface area contributed by atoms with Crippen LogP contribution in [0.1, 0.15) is 44.2 Å². The standard InChI is InChI=1S/C16H23N3/c1-3-16(18-2)13-5-7-14(8-6-13)19(12-4-11-17)15-9-10-15/h5-8,15-16,18H,3-4,9-10,12H2,1-2H3. The molecule has 1 atom stereocenters. The molecule has 1 aromatic carbocycles. The van der Waals surface area contributed by atoms with E-state index in [1.54, 1.807) is 0 Å². The van der Waals surface area contributed by atoms with Crippen molar-refractivity contribution in [2.45, 2.75) is 44.7 Å². The maximum atomic E-state index is 8.76. The van der Waals surface area contributed by atoms with Gasteiger partial charge < -0.3 is 10.2 Å². The van der Waals surface area contributed by atoms with E-state index < -0.39 is 0 Å². The monoisotopic (exact) mass is 257 g/mol. The quantitative estimate of drug-likeness (QED) is 0.815. The first-order valence-electron chi connectivity index (χ1n) is 7.21. The summed E-state index contributed by atoms with van der Waals surface area (Å²) in [6.45, 7) is 3.04. The van der Waals surface area contributed by atoms with Crippen LogP contribution in [0.4, 0.5) is 5.69 Å². The van der Waals surface area contributed by atoms with Crippen molar-refractivity contribution in [2.75, 3.05) is 18.5 Å². The number of nitrogens with one attached hydrogen (secondary N) is 1. The zero-order valence-electron chi connectivity index (χ0n) is 11.9. The van der Waals surface area contributed by atoms with Crippen LogP contribution in [0.25, 0.3) is 0 Å². The highest BCUT2D eigenvalue weighted by Gasteiger charge is 2.28. The number of hydrogen-bond acceptors (Lipinski definition) is 3. The third kappa shape index (κ3) is 3.48. The highest BCUT2D eigenvalue weighted by molar-refractivity contribution is 5.50. The molecular weight excluding hydrogens is 234 g/mol. The predicted molar refractivity (Wildman–Crippen MR) is 79.1 cm³/mol. The number of nitrogens with zero attached hydrogens (tertiary/aromatic N) is 2. The summed E-state index contributed by atoms with van der Waals surface area (Å²) >= 11 is 0. The Balaban J connectivity index is 2.09. The summed E-state index contributed by atoms with van der Waals surface area (Å²) in [6, 6.07) is 12.2. The molecule has 3 heteroatoms. The van der Waals surface area contributed by atoms with E-state index in [9.17, 15) is 0 Å². The lowest BCUT2D eigenvalue weighted by Crippen LogP contribution is -2.26. The molecule has 1 aliphatic carbocycles. The van der Waals surface area contributed by atoms with E-state index in [4.69, 9.17) is 5.26 Å². The molecule has 3 nitrogen and oxygen atoms in total. The van der Waals surface area contributed by atoms with E-state index in [0.29, 0.717) is 18.5 Å². The fraction of sp³-hybridized carbons (Fsp3) is 0.562. The van der Waals surface area contributed by atoms with Crippen LogP contribution in [0.3, 0.4) is 0 Å². The lowest BCUT2D eigenvalue weighted by atomic mass is 10.0. The molecule has 0 bridgehead atoms. The summed E-state index contributed by atoms with van der Waals surface area (Å²) in [7, 11) is 2.01. The van der Waals surface area contributed by atoms with Gasteiger partial charge in [0.1, 0.15) is 0 Å². The molecule has 0 spiro atoms. The predicted octanol–water partition coefficient (Wildman–Crippen LogP) is 3.24. The van der Waals surface area contributed by atoms with Gasteiger partial charge in [-0.25, -0.2) is 0 Å². The van der Waals surface area contributed by atoms with Gasteiger partial charge >= 0.3 is 0 Å². The molecule has 0 radical (unpaired) electrons. The van der Waals surface area contributed by atoms with Crippen molar-refractivity contribution in [3.63, 3.8) is 0 Å². The third-order valence-corrected chi connectivity index (χ3v) is 3.84. The summed E-state index contributed by atoms with van der Waals surface area (Å²) in [5.74, 6) is 0. The van der Waals surface area contributed by atoms with Gasteiger partial charge in [-0.05, 0) is 44.0 Å². The zero-order valence-corrected chi connectivity index (χ0v) is 11.9. The molecule has 1 unspecified atom stereocenters. The van der Waals surface area contributed by atoms with Crippen LogP contribution in [0.2, 0.25) is 0 Å². The smallest absolute Gasteiger partial charge is 0.0640 e. The number of nitriles is 1. The second-order valence-corrected chi connectivity index (χ2v) is 5.17. The van der Waals surface area contributed by atoms with E-state index in [0.717, 1.165) is 13.0 Å². The van der Waals surface area contributed by atoms with Crippen LogP contribution in [0.5, 0.6) is 0 Å². The van der Waals surface area contributed by atoms with Gasteiger partial charge in [0.15, 0.2) is 0 Å². The van der Waals surface area contributed by atoms with Gasteiger partial charge in [-0.2, -0.15) is 5.26 Å². The van der Waals surface area contributed by atoms with Gasteiger partial charge in [-0.3, -0.25) is 0 Å². The maximum absolute atomic E-state index is 8.76. The molecule has 1 fully saturated rings. The van der Waals surface area contributed by atoms with Gasteiger partial charge in [-0.15, -0.1) is 0 Å². The Morgan fingerprint density at radius 2 is 2.05 bits per heavy atom. The van der Waals surface area contributed by atoms with Crippen LogP contribution in [0.15, 0.2) is 24.3 Å². The molecule has 0 saturated heterocycles. The Labute approximate surface area is 116 Å². The van der Waals surface area contributed by atoms with E-state index in [2.05, 4.69) is 47.5 Å². The lowest BCUT2D eigenvalue weighted by Gasteiger charge is -2.24. The molecule has 0 aromatic heterocycles. The Kier molecular flexibility index (Phi) is 4.81. The molecule has 1 aliphatic rings. The van der Waals surface area contributed by atoms with Gasteiger partial charge in [0.05, 0.1) is 12.5 Å². The number of hydrogen-bond donors (Lipinski definition) is 1. The fourth-order valence-corrected chi connectivity index (χ4v) is 2.58. The van der Waals surface area contributed by atoms with Crippen molar-refractivity contribution >= 4 is 5.69 Å². The van der Waals surface area contributed by atoms with Crippen molar-refractivity contribution in [3.05, 3.63) is 29.8 Å². The summed E-state index contributed by atoms with van der Waals surface area (Å²) in [4.78, 5) is 2.38. The van der Waals surface area contributed by atoms with Crippen LogP contribution >= 0.6 is 0 Å². The summed E-state index contributed by atoms with van der Waals surface area (Å²) in [6.07, 6.45) is 4.23. The molecule has 2 rings (SSSR count). The molecule has 19 heavy (non-hydrogen) atoms. The normalized spacial score (nSPS) is 15.8. The molecule has 1 aromatic rings. The molecular formula is C16H23N3. The second kappa shape index (κ2) is 6.58. The fourth-order valence-electron chi connectivity index (χ4n) is 2.58. The summed E-state index contributed by atoms with van der Waals surface area (Å²) in [5.41, 5.74) is 2.59. The van der Waals surface area contributed by atoms with Crippen molar-refractivity contribution < 1.29 is 0 Å². The minimum Gasteiger partial charge on any atom is -0.368 e. The Bertz CT molecular complexity index is 424. The third-order valence-electron chi connectivity index (χ3n) is 3.84. The number of rotatable bonds is 7. The van der Waals surface area contributed by atoms with Gasteiger partial charge in [-0.1, -0.05) is 19.1 Å². The minimum absolute atomic E-state index is 0.433. The average Bonchev–Trinajstić information content (AvgIpc) is 3.27. The van der Waals surface area contributed by atoms with Gasteiger partial charge in [0, 0.05) is 24.3 Å². The van der Waals surface area contributed by atoms with E-state index in [-0.39, 0.29) is 0 Å². The molecule has 1 saturated carbocycles. The van der Waals surface area contributed by atoms with Crippen molar-refractivity contribution in [2.24, 2.45) is 0 Å². The van der Waals surface area contributed by atoms with Crippen LogP contribution in [0, 0.1) is 11.3 Å². The number of anilines is 1. The van der Waals surface area contributed by atoms with E-state index in [1.165, 1.54) is 24.1 Å². The van der Waals surface area contributed by atoms with Crippen LogP contribution in [-0.2, 0) is 0 Å². The van der Waals surface area contributed by atoms with Crippen molar-refractivity contribution in [1.82, 2.24) is 5.32 Å². The summed E-state index contributed by atoms with van der Waals surface area (Å²) < 4.78 is 0. The first-order valence-corrected chi connectivity index (χ1v) is 7.21. The Morgan fingerprint density at radius 1 is 1.37 bits per heavy atom. The molecule has 102 valence electrons. The highest BCUT2D eigenvalue weighted by Crippen LogP contribution is 2.32. The number of benzene rings is 1. The van der Waals surface area contributed by atoms with E-state index in [1.807, 2.05) is 7.05 Å². The average molecular weight is 257 g/mol. The lowest BCUT2D eigenvalue weighted by molar-refractivity contribution is 0.577. The largest absolute Gasteiger partial charge is 0.368 e. The minimum atomic E-state index is 0.433. The zero-order chi connectivity index (χ0) is 13.7. The molecule has 0 amide bonds. The van der Waals surface area contributed by atoms with Gasteiger partial charge in [0.25, 0.3) is 0 Å². The molecule has 0 aliphatic heterocycles. The van der Waals surface area contributed by atoms with Crippen molar-refractivity contribution in [3.8, 4) is 6.07 Å². The Hall–Kier alpha value is -1.53. The molecule has 1 N–H and O–H groups in total. The first-order chi connectivity index (χ1) is 9.30. The second-order valence-electron chi connectivity index (χ2n) is 5.17. The Morgan fingerprint density at radius 3 is 2.53 bits per heavy atom. The van der Waals surface area contributed by atoms with Gasteiger partial charge in [0.2, 0.25) is 0 Å². The van der Waals surface area contributed by atoms with E-state index >= 15 is 0 Å². The van der Waals surface area contributed by atoms with Crippen LogP contribution < -0.4 is 10.2 Å². The topological polar surface area (TPSA) is 39.1 Å². The van der Waals surface area contributed by atoms with Crippen LogP contribution in [-0.4, -0.2) is 19.6 Å². The maximum Gasteiger partial charge on any atom is 0.0640 e. The van der Waals surface area contributed by atoms with Crippen molar-refractivity contribution in [1.29, 1.82) is 5.26 Å². The summed E-state index contributed by atoms with van der Waals surface area (Å²) in [5, 5.41) is 12.1. The first kappa shape index (κ1) is 13.9. The highest BCUT2D eigenvalue weighted by atomic mass is 15.2. The molecule has 0 heterocycles.